The van der Waals surface area contributed by atoms with Gasteiger partial charge in [0, 0.05) is 36.9 Å². The van der Waals surface area contributed by atoms with Gasteiger partial charge >= 0.3 is 0 Å². The Kier molecular flexibility index (Phi) is 8.66. The SMILES string of the molecule is C/C(=C(\NCC/C=C/c1ccccc1)c1ccccc1CN1CCc2ccc(O)cc2C1C)C(C)C. The normalized spacial score (nSPS) is 16.8. The molecule has 4 rings (SSSR count). The lowest BCUT2D eigenvalue weighted by Crippen LogP contribution is -2.34. The average molecular weight is 481 g/mol. The smallest absolute Gasteiger partial charge is 0.115 e. The maximum absolute atomic E-state index is 10.1. The van der Waals surface area contributed by atoms with Gasteiger partial charge in [0.05, 0.1) is 0 Å². The summed E-state index contributed by atoms with van der Waals surface area (Å²) in [5.41, 5.74) is 9.12. The van der Waals surface area contributed by atoms with Crippen molar-refractivity contribution in [1.29, 1.82) is 0 Å². The zero-order valence-corrected chi connectivity index (χ0v) is 22.2. The Morgan fingerprint density at radius 2 is 1.81 bits per heavy atom. The van der Waals surface area contributed by atoms with Crippen LogP contribution in [0.1, 0.15) is 68.0 Å². The molecule has 0 saturated heterocycles. The fraction of sp³-hybridized carbons (Fsp3) is 0.333. The number of phenolic OH excluding ortho intramolecular Hbond substituents is 1. The van der Waals surface area contributed by atoms with Gasteiger partial charge in [-0.2, -0.15) is 0 Å². The quantitative estimate of drug-likeness (QED) is 0.310. The Labute approximate surface area is 217 Å². The number of rotatable bonds is 9. The van der Waals surface area contributed by atoms with Crippen molar-refractivity contribution >= 4 is 11.8 Å². The van der Waals surface area contributed by atoms with Gasteiger partial charge in [-0.25, -0.2) is 0 Å². The number of hydrogen-bond donors (Lipinski definition) is 2. The number of fused-ring (bicyclic) bond motifs is 1. The van der Waals surface area contributed by atoms with Crippen LogP contribution in [0.2, 0.25) is 0 Å². The summed E-state index contributed by atoms with van der Waals surface area (Å²) >= 11 is 0. The van der Waals surface area contributed by atoms with Crippen LogP contribution in [0.3, 0.4) is 0 Å². The molecule has 1 unspecified atom stereocenters. The van der Waals surface area contributed by atoms with Crippen LogP contribution in [-0.2, 0) is 13.0 Å². The van der Waals surface area contributed by atoms with Gasteiger partial charge < -0.3 is 10.4 Å². The third kappa shape index (κ3) is 6.27. The highest BCUT2D eigenvalue weighted by Crippen LogP contribution is 2.34. The van der Waals surface area contributed by atoms with Crippen molar-refractivity contribution in [3.63, 3.8) is 0 Å². The highest BCUT2D eigenvalue weighted by Gasteiger charge is 2.25. The molecular formula is C33H40N2O. The third-order valence-electron chi connectivity index (χ3n) is 7.44. The fourth-order valence-electron chi connectivity index (χ4n) is 4.99. The Morgan fingerprint density at radius 1 is 1.06 bits per heavy atom. The van der Waals surface area contributed by atoms with E-state index >= 15 is 0 Å². The topological polar surface area (TPSA) is 35.5 Å². The van der Waals surface area contributed by atoms with E-state index in [2.05, 4.69) is 111 Å². The summed E-state index contributed by atoms with van der Waals surface area (Å²) in [5.74, 6) is 0.815. The van der Waals surface area contributed by atoms with E-state index in [1.165, 1.54) is 39.1 Å². The Balaban J connectivity index is 1.52. The second-order valence-corrected chi connectivity index (χ2v) is 10.2. The van der Waals surface area contributed by atoms with E-state index in [-0.39, 0.29) is 6.04 Å². The second-order valence-electron chi connectivity index (χ2n) is 10.2. The third-order valence-corrected chi connectivity index (χ3v) is 7.44. The van der Waals surface area contributed by atoms with Crippen LogP contribution >= 0.6 is 0 Å². The van der Waals surface area contributed by atoms with E-state index in [0.29, 0.717) is 11.7 Å². The molecule has 3 aromatic carbocycles. The summed E-state index contributed by atoms with van der Waals surface area (Å²) in [7, 11) is 0. The standard InChI is InChI=1S/C33H40N2O/c1-24(2)25(3)33(34-20-11-10-14-27-12-6-5-7-13-27)31-16-9-8-15-29(31)23-35-21-19-28-17-18-30(36)22-32(28)26(35)4/h5-10,12-18,22,24,26,34,36H,11,19-21,23H2,1-4H3/b14-10+,33-25+. The second kappa shape index (κ2) is 12.1. The molecule has 2 N–H and O–H groups in total. The molecule has 0 fully saturated rings. The summed E-state index contributed by atoms with van der Waals surface area (Å²) in [6.07, 6.45) is 6.43. The summed E-state index contributed by atoms with van der Waals surface area (Å²) in [6, 6.07) is 25.4. The fourth-order valence-corrected chi connectivity index (χ4v) is 4.99. The van der Waals surface area contributed by atoms with Crippen molar-refractivity contribution in [3.8, 4) is 5.75 Å². The Hall–Kier alpha value is -3.30. The molecule has 0 saturated carbocycles. The summed E-state index contributed by atoms with van der Waals surface area (Å²) in [5, 5.41) is 13.9. The first-order valence-electron chi connectivity index (χ1n) is 13.2. The molecule has 1 heterocycles. The van der Waals surface area contributed by atoms with Crippen molar-refractivity contribution in [2.75, 3.05) is 13.1 Å². The van der Waals surface area contributed by atoms with Crippen molar-refractivity contribution in [1.82, 2.24) is 10.2 Å². The first kappa shape index (κ1) is 25.8. The molecule has 36 heavy (non-hydrogen) atoms. The highest BCUT2D eigenvalue weighted by molar-refractivity contribution is 5.70. The van der Waals surface area contributed by atoms with Gasteiger partial charge in [0.25, 0.3) is 0 Å². The molecule has 3 aromatic rings. The monoisotopic (exact) mass is 480 g/mol. The molecule has 0 aromatic heterocycles. The number of benzene rings is 3. The molecule has 1 aliphatic heterocycles. The minimum Gasteiger partial charge on any atom is -0.508 e. The number of phenols is 1. The van der Waals surface area contributed by atoms with Gasteiger partial charge in [0.2, 0.25) is 0 Å². The highest BCUT2D eigenvalue weighted by atomic mass is 16.3. The van der Waals surface area contributed by atoms with E-state index in [1.54, 1.807) is 0 Å². The maximum atomic E-state index is 10.1. The molecular weight excluding hydrogens is 440 g/mol. The molecule has 188 valence electrons. The molecule has 0 spiro atoms. The Bertz CT molecular complexity index is 1210. The van der Waals surface area contributed by atoms with Crippen LogP contribution in [0.25, 0.3) is 11.8 Å². The van der Waals surface area contributed by atoms with E-state index in [1.807, 2.05) is 12.1 Å². The number of hydrogen-bond acceptors (Lipinski definition) is 3. The van der Waals surface area contributed by atoms with E-state index in [9.17, 15) is 5.11 Å². The molecule has 3 heteroatoms. The number of aromatic hydroxyl groups is 1. The van der Waals surface area contributed by atoms with Crippen LogP contribution in [-0.4, -0.2) is 23.1 Å². The summed E-state index contributed by atoms with van der Waals surface area (Å²) in [6.45, 7) is 11.9. The molecule has 0 amide bonds. The number of allylic oxidation sites excluding steroid dienone is 1. The first-order chi connectivity index (χ1) is 17.4. The van der Waals surface area contributed by atoms with Gasteiger partial charge in [-0.15, -0.1) is 0 Å². The lowest BCUT2D eigenvalue weighted by atomic mass is 9.91. The van der Waals surface area contributed by atoms with Gasteiger partial charge in [-0.05, 0) is 72.6 Å². The molecule has 3 nitrogen and oxygen atoms in total. The van der Waals surface area contributed by atoms with Gasteiger partial charge in [-0.3, -0.25) is 4.90 Å². The van der Waals surface area contributed by atoms with Crippen molar-refractivity contribution in [2.24, 2.45) is 5.92 Å². The van der Waals surface area contributed by atoms with Crippen molar-refractivity contribution < 1.29 is 5.11 Å². The zero-order chi connectivity index (χ0) is 25.5. The largest absolute Gasteiger partial charge is 0.508 e. The summed E-state index contributed by atoms with van der Waals surface area (Å²) < 4.78 is 0. The predicted octanol–water partition coefficient (Wildman–Crippen LogP) is 7.59. The van der Waals surface area contributed by atoms with Crippen LogP contribution in [0, 0.1) is 5.92 Å². The van der Waals surface area contributed by atoms with Gasteiger partial charge in [0.15, 0.2) is 0 Å². The Morgan fingerprint density at radius 3 is 2.58 bits per heavy atom. The predicted molar refractivity (Wildman–Crippen MR) is 153 cm³/mol. The van der Waals surface area contributed by atoms with Gasteiger partial charge in [-0.1, -0.05) is 86.7 Å². The van der Waals surface area contributed by atoms with Gasteiger partial charge in [0.1, 0.15) is 5.75 Å². The lowest BCUT2D eigenvalue weighted by molar-refractivity contribution is 0.189. The van der Waals surface area contributed by atoms with Crippen molar-refractivity contribution in [2.45, 2.75) is 53.1 Å². The molecule has 0 radical (unpaired) electrons. The molecule has 0 bridgehead atoms. The van der Waals surface area contributed by atoms with Crippen LogP contribution in [0.5, 0.6) is 5.75 Å². The van der Waals surface area contributed by atoms with E-state index in [0.717, 1.165) is 32.5 Å². The van der Waals surface area contributed by atoms with Crippen LogP contribution in [0.15, 0.2) is 84.4 Å². The zero-order valence-electron chi connectivity index (χ0n) is 22.2. The number of nitrogens with zero attached hydrogens (tertiary/aromatic N) is 1. The van der Waals surface area contributed by atoms with Crippen molar-refractivity contribution in [3.05, 3.63) is 112 Å². The van der Waals surface area contributed by atoms with E-state index in [4.69, 9.17) is 0 Å². The molecule has 0 aliphatic carbocycles. The maximum Gasteiger partial charge on any atom is 0.115 e. The van der Waals surface area contributed by atoms with Crippen LogP contribution in [0.4, 0.5) is 0 Å². The summed E-state index contributed by atoms with van der Waals surface area (Å²) in [4.78, 5) is 2.53. The minimum absolute atomic E-state index is 0.267. The molecule has 1 aliphatic rings. The lowest BCUT2D eigenvalue weighted by Gasteiger charge is -2.36. The van der Waals surface area contributed by atoms with E-state index < -0.39 is 0 Å². The number of nitrogens with one attached hydrogen (secondary N) is 1. The van der Waals surface area contributed by atoms with Crippen LogP contribution < -0.4 is 5.32 Å². The molecule has 1 atom stereocenters. The average Bonchev–Trinajstić information content (AvgIpc) is 2.89. The first-order valence-corrected chi connectivity index (χ1v) is 13.2. The minimum atomic E-state index is 0.267.